The Labute approximate surface area is 166 Å². The fourth-order valence-electron chi connectivity index (χ4n) is 2.69. The Morgan fingerprint density at radius 2 is 2.07 bits per heavy atom. The van der Waals surface area contributed by atoms with Gasteiger partial charge in [0.25, 0.3) is 5.56 Å². The first-order chi connectivity index (χ1) is 12.7. The molecule has 0 radical (unpaired) electrons. The van der Waals surface area contributed by atoms with Gasteiger partial charge in [-0.1, -0.05) is 30.1 Å². The van der Waals surface area contributed by atoms with Gasteiger partial charge in [0.2, 0.25) is 11.7 Å². The fourth-order valence-corrected chi connectivity index (χ4v) is 3.15. The third-order valence-corrected chi connectivity index (χ3v) is 4.59. The SMILES string of the molecule is CCCn1c(O)c(C(=O)C(C)Oc2ccc(Cl)cc2Cl)c(C)c(C#N)c1=O. The van der Waals surface area contributed by atoms with Crippen LogP contribution in [-0.4, -0.2) is 21.6 Å². The van der Waals surface area contributed by atoms with Crippen molar-refractivity contribution in [1.82, 2.24) is 4.57 Å². The molecule has 0 spiro atoms. The number of nitriles is 1. The number of hydrogen-bond donors (Lipinski definition) is 1. The van der Waals surface area contributed by atoms with E-state index in [0.717, 1.165) is 4.57 Å². The van der Waals surface area contributed by atoms with Crippen LogP contribution in [0.2, 0.25) is 10.0 Å². The average Bonchev–Trinajstić information content (AvgIpc) is 2.61. The first-order valence-corrected chi connectivity index (χ1v) is 9.00. The molecule has 1 atom stereocenters. The van der Waals surface area contributed by atoms with Gasteiger partial charge in [0.05, 0.1) is 10.6 Å². The number of carbonyl (C=O) groups excluding carboxylic acids is 1. The molecular weight excluding hydrogens is 391 g/mol. The van der Waals surface area contributed by atoms with E-state index in [1.165, 1.54) is 26.0 Å². The summed E-state index contributed by atoms with van der Waals surface area (Å²) >= 11 is 11.9. The molecule has 1 aromatic heterocycles. The summed E-state index contributed by atoms with van der Waals surface area (Å²) in [5.74, 6) is -0.792. The van der Waals surface area contributed by atoms with Gasteiger partial charge in [-0.05, 0) is 44.0 Å². The molecule has 27 heavy (non-hydrogen) atoms. The average molecular weight is 409 g/mol. The zero-order chi connectivity index (χ0) is 20.3. The van der Waals surface area contributed by atoms with Crippen molar-refractivity contribution in [3.8, 4) is 17.7 Å². The lowest BCUT2D eigenvalue weighted by atomic mass is 9.99. The maximum absolute atomic E-state index is 12.9. The lowest BCUT2D eigenvalue weighted by Gasteiger charge is -2.19. The van der Waals surface area contributed by atoms with E-state index >= 15 is 0 Å². The zero-order valence-corrected chi connectivity index (χ0v) is 16.6. The highest BCUT2D eigenvalue weighted by Crippen LogP contribution is 2.30. The zero-order valence-electron chi connectivity index (χ0n) is 15.0. The number of rotatable bonds is 6. The molecular formula is C19H18Cl2N2O4. The van der Waals surface area contributed by atoms with Gasteiger partial charge in [-0.3, -0.25) is 14.2 Å². The van der Waals surface area contributed by atoms with Crippen LogP contribution < -0.4 is 10.3 Å². The summed E-state index contributed by atoms with van der Waals surface area (Å²) in [7, 11) is 0. The predicted octanol–water partition coefficient (Wildman–Crippen LogP) is 4.10. The van der Waals surface area contributed by atoms with Crippen LogP contribution >= 0.6 is 23.2 Å². The van der Waals surface area contributed by atoms with Crippen molar-refractivity contribution >= 4 is 29.0 Å². The number of Topliss-reactive ketones (excluding diaryl/α,β-unsaturated/α-hetero) is 1. The second-order valence-corrected chi connectivity index (χ2v) is 6.81. The number of aromatic hydroxyl groups is 1. The molecule has 1 N–H and O–H groups in total. The van der Waals surface area contributed by atoms with E-state index in [2.05, 4.69) is 0 Å². The Balaban J connectivity index is 2.50. The van der Waals surface area contributed by atoms with Crippen LogP contribution in [0.5, 0.6) is 11.6 Å². The van der Waals surface area contributed by atoms with Crippen molar-refractivity contribution in [1.29, 1.82) is 5.26 Å². The van der Waals surface area contributed by atoms with E-state index < -0.39 is 23.3 Å². The molecule has 142 valence electrons. The topological polar surface area (TPSA) is 92.3 Å². The molecule has 0 amide bonds. The molecule has 6 nitrogen and oxygen atoms in total. The smallest absolute Gasteiger partial charge is 0.271 e. The minimum Gasteiger partial charge on any atom is -0.494 e. The first kappa shape index (κ1) is 20.8. The largest absolute Gasteiger partial charge is 0.494 e. The molecule has 1 unspecified atom stereocenters. The molecule has 0 aliphatic rings. The summed E-state index contributed by atoms with van der Waals surface area (Å²) in [5, 5.41) is 20.5. The molecule has 0 aliphatic carbocycles. The van der Waals surface area contributed by atoms with Crippen molar-refractivity contribution in [3.63, 3.8) is 0 Å². The highest BCUT2D eigenvalue weighted by molar-refractivity contribution is 6.35. The summed E-state index contributed by atoms with van der Waals surface area (Å²) in [6.45, 7) is 4.93. The van der Waals surface area contributed by atoms with Crippen LogP contribution in [-0.2, 0) is 6.54 Å². The minimum absolute atomic E-state index is 0.114. The van der Waals surface area contributed by atoms with Crippen LogP contribution in [0.15, 0.2) is 23.0 Å². The Morgan fingerprint density at radius 1 is 1.41 bits per heavy atom. The summed E-state index contributed by atoms with van der Waals surface area (Å²) in [4.78, 5) is 25.3. The normalized spacial score (nSPS) is 11.7. The van der Waals surface area contributed by atoms with Gasteiger partial charge in [0.1, 0.15) is 17.4 Å². The maximum atomic E-state index is 12.9. The van der Waals surface area contributed by atoms with Gasteiger partial charge in [0, 0.05) is 11.6 Å². The number of ether oxygens (including phenoxy) is 1. The van der Waals surface area contributed by atoms with E-state index in [1.54, 1.807) is 6.07 Å². The lowest BCUT2D eigenvalue weighted by molar-refractivity contribution is 0.0812. The van der Waals surface area contributed by atoms with Crippen molar-refractivity contribution in [2.24, 2.45) is 0 Å². The van der Waals surface area contributed by atoms with Crippen LogP contribution in [0, 0.1) is 18.3 Å². The van der Waals surface area contributed by atoms with E-state index in [9.17, 15) is 20.0 Å². The van der Waals surface area contributed by atoms with Gasteiger partial charge in [0.15, 0.2) is 6.10 Å². The first-order valence-electron chi connectivity index (χ1n) is 8.25. The lowest BCUT2D eigenvalue weighted by Crippen LogP contribution is -2.30. The summed E-state index contributed by atoms with van der Waals surface area (Å²) in [6, 6.07) is 6.39. The highest BCUT2D eigenvalue weighted by Gasteiger charge is 2.28. The molecule has 2 rings (SSSR count). The van der Waals surface area contributed by atoms with E-state index in [0.29, 0.717) is 11.4 Å². The molecule has 8 heteroatoms. The number of halogens is 2. The molecule has 1 aromatic carbocycles. The quantitative estimate of drug-likeness (QED) is 0.726. The summed E-state index contributed by atoms with van der Waals surface area (Å²) in [5.41, 5.74) is -0.797. The van der Waals surface area contributed by atoms with E-state index in [-0.39, 0.29) is 34.0 Å². The number of benzene rings is 1. The Morgan fingerprint density at radius 3 is 2.63 bits per heavy atom. The van der Waals surface area contributed by atoms with Crippen LogP contribution in [0.4, 0.5) is 0 Å². The highest BCUT2D eigenvalue weighted by atomic mass is 35.5. The third kappa shape index (κ3) is 4.10. The molecule has 0 saturated heterocycles. The van der Waals surface area contributed by atoms with E-state index in [4.69, 9.17) is 27.9 Å². The second-order valence-electron chi connectivity index (χ2n) is 5.97. The molecule has 1 heterocycles. The standard InChI is InChI=1S/C19H18Cl2N2O4/c1-4-7-23-18(25)13(9-22)10(2)16(19(23)26)17(24)11(3)27-15-6-5-12(20)8-14(15)21/h5-6,8,11,26H,4,7H2,1-3H3. The van der Waals surface area contributed by atoms with E-state index in [1.807, 2.05) is 13.0 Å². The molecule has 0 aliphatic heterocycles. The fraction of sp³-hybridized carbons (Fsp3) is 0.316. The van der Waals surface area contributed by atoms with Crippen molar-refractivity contribution in [2.45, 2.75) is 39.8 Å². The second kappa shape index (κ2) is 8.47. The van der Waals surface area contributed by atoms with Crippen LogP contribution in [0.3, 0.4) is 0 Å². The number of aromatic nitrogens is 1. The van der Waals surface area contributed by atoms with Gasteiger partial charge in [-0.2, -0.15) is 5.26 Å². The molecule has 0 saturated carbocycles. The van der Waals surface area contributed by atoms with Gasteiger partial charge < -0.3 is 9.84 Å². The molecule has 2 aromatic rings. The van der Waals surface area contributed by atoms with Crippen LogP contribution in [0.1, 0.15) is 41.8 Å². The Hall–Kier alpha value is -2.49. The monoisotopic (exact) mass is 408 g/mol. The Kier molecular flexibility index (Phi) is 6.53. The number of ketones is 1. The number of carbonyl (C=O) groups is 1. The van der Waals surface area contributed by atoms with Gasteiger partial charge in [-0.15, -0.1) is 0 Å². The Bertz CT molecular complexity index is 993. The number of hydrogen-bond acceptors (Lipinski definition) is 5. The van der Waals surface area contributed by atoms with Crippen molar-refractivity contribution in [2.75, 3.05) is 0 Å². The molecule has 0 bridgehead atoms. The van der Waals surface area contributed by atoms with Gasteiger partial charge in [-0.25, -0.2) is 0 Å². The van der Waals surface area contributed by atoms with Crippen molar-refractivity contribution in [3.05, 3.63) is 55.3 Å². The van der Waals surface area contributed by atoms with Gasteiger partial charge >= 0.3 is 0 Å². The van der Waals surface area contributed by atoms with Crippen molar-refractivity contribution < 1.29 is 14.6 Å². The number of pyridine rings is 1. The molecule has 0 fully saturated rings. The minimum atomic E-state index is -1.02. The number of nitrogens with zero attached hydrogens (tertiary/aromatic N) is 2. The summed E-state index contributed by atoms with van der Waals surface area (Å²) < 4.78 is 6.64. The predicted molar refractivity (Wildman–Crippen MR) is 103 cm³/mol. The third-order valence-electron chi connectivity index (χ3n) is 4.06. The summed E-state index contributed by atoms with van der Waals surface area (Å²) in [6.07, 6.45) is -0.478. The van der Waals surface area contributed by atoms with Crippen LogP contribution in [0.25, 0.3) is 0 Å². The maximum Gasteiger partial charge on any atom is 0.271 e.